The molecule has 0 saturated carbocycles. The molecule has 0 spiro atoms. The number of carbonyl (C=O) groups is 1. The van der Waals surface area contributed by atoms with Crippen molar-refractivity contribution in [1.82, 2.24) is 14.8 Å². The van der Waals surface area contributed by atoms with Gasteiger partial charge in [0.15, 0.2) is 11.0 Å². The van der Waals surface area contributed by atoms with Gasteiger partial charge in [-0.2, -0.15) is 0 Å². The van der Waals surface area contributed by atoms with Crippen LogP contribution in [0.1, 0.15) is 18.2 Å². The second-order valence-electron chi connectivity index (χ2n) is 7.12. The van der Waals surface area contributed by atoms with Gasteiger partial charge in [0.25, 0.3) is 0 Å². The van der Waals surface area contributed by atoms with E-state index in [-0.39, 0.29) is 11.7 Å². The molecule has 4 aromatic rings. The third-order valence-electron chi connectivity index (χ3n) is 4.83. The van der Waals surface area contributed by atoms with Gasteiger partial charge in [0.2, 0.25) is 5.91 Å². The maximum absolute atomic E-state index is 12.6. The summed E-state index contributed by atoms with van der Waals surface area (Å²) in [5.74, 6) is 0.996. The molecule has 5 nitrogen and oxygen atoms in total. The van der Waals surface area contributed by atoms with Crippen molar-refractivity contribution in [3.63, 3.8) is 0 Å². The van der Waals surface area contributed by atoms with E-state index in [1.54, 1.807) is 11.3 Å². The molecular weight excluding hydrogens is 424 g/mol. The number of thiophene rings is 1. The summed E-state index contributed by atoms with van der Waals surface area (Å²) in [6.07, 6.45) is 4.01. The van der Waals surface area contributed by atoms with Crippen LogP contribution in [0.2, 0.25) is 0 Å². The van der Waals surface area contributed by atoms with Gasteiger partial charge in [0.1, 0.15) is 0 Å². The number of allylic oxidation sites excluding steroid dienone is 1. The van der Waals surface area contributed by atoms with Crippen molar-refractivity contribution in [2.24, 2.45) is 0 Å². The Balaban J connectivity index is 1.48. The minimum Gasteiger partial charge on any atom is -0.325 e. The highest BCUT2D eigenvalue weighted by Gasteiger charge is 2.16. The largest absolute Gasteiger partial charge is 0.325 e. The first kappa shape index (κ1) is 21.3. The van der Waals surface area contributed by atoms with Gasteiger partial charge in [-0.15, -0.1) is 28.1 Å². The molecule has 0 aliphatic heterocycles. The molecule has 158 valence electrons. The van der Waals surface area contributed by atoms with Crippen LogP contribution in [-0.4, -0.2) is 26.4 Å². The number of hydrogen-bond donors (Lipinski definition) is 1. The monoisotopic (exact) mass is 448 g/mol. The van der Waals surface area contributed by atoms with Gasteiger partial charge < -0.3 is 5.32 Å². The molecule has 1 amide bonds. The van der Waals surface area contributed by atoms with Crippen molar-refractivity contribution >= 4 is 45.5 Å². The Morgan fingerprint density at radius 3 is 2.90 bits per heavy atom. The van der Waals surface area contributed by atoms with E-state index in [0.29, 0.717) is 11.7 Å². The number of carbonyl (C=O) groups excluding carboxylic acids is 1. The lowest BCUT2D eigenvalue weighted by atomic mass is 10.1. The normalized spacial score (nSPS) is 11.0. The molecule has 2 aromatic carbocycles. The summed E-state index contributed by atoms with van der Waals surface area (Å²) in [6.45, 7) is 6.63. The van der Waals surface area contributed by atoms with Gasteiger partial charge in [0, 0.05) is 33.4 Å². The molecule has 0 radical (unpaired) electrons. The molecule has 0 bridgehead atoms. The van der Waals surface area contributed by atoms with Gasteiger partial charge in [0.05, 0.1) is 5.75 Å². The van der Waals surface area contributed by atoms with Crippen molar-refractivity contribution in [3.05, 3.63) is 71.4 Å². The van der Waals surface area contributed by atoms with Crippen molar-refractivity contribution in [3.8, 4) is 11.4 Å². The van der Waals surface area contributed by atoms with Gasteiger partial charge in [-0.25, -0.2) is 0 Å². The average molecular weight is 449 g/mol. The molecular formula is C24H24N4OS2. The molecule has 0 fully saturated rings. The minimum absolute atomic E-state index is 0.0724. The fourth-order valence-corrected chi connectivity index (χ4v) is 5.15. The molecule has 0 unspecified atom stereocenters. The van der Waals surface area contributed by atoms with Gasteiger partial charge in [-0.1, -0.05) is 67.6 Å². The van der Waals surface area contributed by atoms with E-state index in [1.165, 1.54) is 16.6 Å². The molecule has 0 saturated heterocycles. The van der Waals surface area contributed by atoms with Gasteiger partial charge >= 0.3 is 0 Å². The lowest BCUT2D eigenvalue weighted by Crippen LogP contribution is -2.15. The van der Waals surface area contributed by atoms with E-state index in [9.17, 15) is 4.79 Å². The first-order valence-electron chi connectivity index (χ1n) is 10.2. The third-order valence-corrected chi connectivity index (χ3v) is 6.80. The van der Waals surface area contributed by atoms with Crippen LogP contribution < -0.4 is 5.32 Å². The SMILES string of the molecule is C=CCn1c(SCC(=O)Nc2cccc3ccccc23)nnc1-c1csc(CCC)c1. The Morgan fingerprint density at radius 2 is 2.06 bits per heavy atom. The number of anilines is 1. The summed E-state index contributed by atoms with van der Waals surface area (Å²) in [5.41, 5.74) is 1.88. The van der Waals surface area contributed by atoms with E-state index in [4.69, 9.17) is 0 Å². The molecule has 0 aliphatic rings. The topological polar surface area (TPSA) is 59.8 Å². The molecule has 2 heterocycles. The smallest absolute Gasteiger partial charge is 0.234 e. The lowest BCUT2D eigenvalue weighted by Gasteiger charge is -2.09. The maximum Gasteiger partial charge on any atom is 0.234 e. The Labute approximate surface area is 190 Å². The Kier molecular flexibility index (Phi) is 6.84. The summed E-state index contributed by atoms with van der Waals surface area (Å²) >= 11 is 3.13. The average Bonchev–Trinajstić information content (AvgIpc) is 3.40. The Hall–Kier alpha value is -2.90. The first-order chi connectivity index (χ1) is 15.2. The highest BCUT2D eigenvalue weighted by Crippen LogP contribution is 2.29. The maximum atomic E-state index is 12.6. The number of amides is 1. The highest BCUT2D eigenvalue weighted by atomic mass is 32.2. The number of nitrogens with one attached hydrogen (secondary N) is 1. The fraction of sp³-hybridized carbons (Fsp3) is 0.208. The summed E-state index contributed by atoms with van der Waals surface area (Å²) in [4.78, 5) is 14.0. The van der Waals surface area contributed by atoms with Crippen LogP contribution in [0.15, 0.2) is 71.7 Å². The van der Waals surface area contributed by atoms with Crippen molar-refractivity contribution < 1.29 is 4.79 Å². The van der Waals surface area contributed by atoms with E-state index in [0.717, 1.165) is 40.7 Å². The van der Waals surface area contributed by atoms with Gasteiger partial charge in [-0.3, -0.25) is 9.36 Å². The van der Waals surface area contributed by atoms with E-state index >= 15 is 0 Å². The van der Waals surface area contributed by atoms with Crippen molar-refractivity contribution in [1.29, 1.82) is 0 Å². The third kappa shape index (κ3) is 4.89. The number of benzene rings is 2. The van der Waals surface area contributed by atoms with Crippen LogP contribution in [-0.2, 0) is 17.8 Å². The zero-order chi connectivity index (χ0) is 21.6. The number of aromatic nitrogens is 3. The molecule has 1 N–H and O–H groups in total. The zero-order valence-corrected chi connectivity index (χ0v) is 19.0. The van der Waals surface area contributed by atoms with Crippen molar-refractivity contribution in [2.45, 2.75) is 31.5 Å². The summed E-state index contributed by atoms with van der Waals surface area (Å²) < 4.78 is 2.01. The number of aryl methyl sites for hydroxylation is 1. The van der Waals surface area contributed by atoms with Crippen LogP contribution in [0.25, 0.3) is 22.2 Å². The van der Waals surface area contributed by atoms with E-state index < -0.39 is 0 Å². The standard InChI is InChI=1S/C24H24N4OS2/c1-3-8-19-14-18(15-30-19)23-26-27-24(28(23)13-4-2)31-16-22(29)25-21-12-7-10-17-9-5-6-11-20(17)21/h4-7,9-12,14-15H,2-3,8,13,16H2,1H3,(H,25,29). The van der Waals surface area contributed by atoms with Crippen LogP contribution >= 0.6 is 23.1 Å². The van der Waals surface area contributed by atoms with E-state index in [2.05, 4.69) is 40.5 Å². The van der Waals surface area contributed by atoms with E-state index in [1.807, 2.05) is 53.1 Å². The predicted octanol–water partition coefficient (Wildman–Crippen LogP) is 6.03. The number of fused-ring (bicyclic) bond motifs is 1. The fourth-order valence-electron chi connectivity index (χ4n) is 3.43. The number of nitrogens with zero attached hydrogens (tertiary/aromatic N) is 3. The van der Waals surface area contributed by atoms with Crippen molar-refractivity contribution in [2.75, 3.05) is 11.1 Å². The Morgan fingerprint density at radius 1 is 1.23 bits per heavy atom. The number of thioether (sulfide) groups is 1. The number of hydrogen-bond acceptors (Lipinski definition) is 5. The summed E-state index contributed by atoms with van der Waals surface area (Å²) in [6, 6.07) is 16.1. The second kappa shape index (κ2) is 9.94. The highest BCUT2D eigenvalue weighted by molar-refractivity contribution is 7.99. The molecule has 0 aliphatic carbocycles. The van der Waals surface area contributed by atoms with Crippen LogP contribution in [0.4, 0.5) is 5.69 Å². The van der Waals surface area contributed by atoms with Gasteiger partial charge in [-0.05, 0) is 23.9 Å². The molecule has 0 atom stereocenters. The summed E-state index contributed by atoms with van der Waals surface area (Å²) in [5, 5.41) is 16.7. The molecule has 2 aromatic heterocycles. The molecule has 4 rings (SSSR count). The van der Waals surface area contributed by atoms with Crippen LogP contribution in [0, 0.1) is 0 Å². The molecule has 31 heavy (non-hydrogen) atoms. The Bertz CT molecular complexity index is 1210. The predicted molar refractivity (Wildman–Crippen MR) is 131 cm³/mol. The second-order valence-corrected chi connectivity index (χ2v) is 9.06. The lowest BCUT2D eigenvalue weighted by molar-refractivity contribution is -0.113. The quantitative estimate of drug-likeness (QED) is 0.251. The summed E-state index contributed by atoms with van der Waals surface area (Å²) in [7, 11) is 0. The first-order valence-corrected chi connectivity index (χ1v) is 12.1. The minimum atomic E-state index is -0.0724. The zero-order valence-electron chi connectivity index (χ0n) is 17.4. The number of rotatable bonds is 9. The van der Waals surface area contributed by atoms with Crippen LogP contribution in [0.5, 0.6) is 0 Å². The van der Waals surface area contributed by atoms with Crippen LogP contribution in [0.3, 0.4) is 0 Å². The molecule has 7 heteroatoms.